The van der Waals surface area contributed by atoms with E-state index in [1.54, 1.807) is 17.4 Å². The van der Waals surface area contributed by atoms with Crippen LogP contribution in [0.15, 0.2) is 18.7 Å². The summed E-state index contributed by atoms with van der Waals surface area (Å²) < 4.78 is 1.99. The molecule has 0 spiro atoms. The van der Waals surface area contributed by atoms with Crippen LogP contribution in [0.2, 0.25) is 0 Å². The van der Waals surface area contributed by atoms with Gasteiger partial charge in [0.25, 0.3) is 0 Å². The molecule has 0 radical (unpaired) electrons. The van der Waals surface area contributed by atoms with Crippen LogP contribution in [0.5, 0.6) is 0 Å². The molecule has 1 unspecified atom stereocenters. The molecule has 1 aromatic rings. The van der Waals surface area contributed by atoms with Crippen LogP contribution < -0.4 is 5.32 Å². The van der Waals surface area contributed by atoms with Crippen LogP contribution in [-0.2, 0) is 11.3 Å². The van der Waals surface area contributed by atoms with Crippen molar-refractivity contribution < 1.29 is 4.79 Å². The number of hydrogen-bond acceptors (Lipinski definition) is 3. The summed E-state index contributed by atoms with van der Waals surface area (Å²) in [6.45, 7) is 5.98. The lowest BCUT2D eigenvalue weighted by Crippen LogP contribution is -2.40. The monoisotopic (exact) mass is 224 g/mol. The van der Waals surface area contributed by atoms with E-state index in [1.165, 1.54) is 0 Å². The maximum atomic E-state index is 11.5. The number of nitrogens with one attached hydrogen (secondary N) is 1. The smallest absolute Gasteiger partial charge is 0.236 e. The van der Waals surface area contributed by atoms with Crippen molar-refractivity contribution in [3.8, 4) is 0 Å². The number of aromatic nitrogens is 2. The Morgan fingerprint density at radius 2 is 2.38 bits per heavy atom. The van der Waals surface area contributed by atoms with Crippen LogP contribution in [0.3, 0.4) is 0 Å². The molecule has 0 saturated carbocycles. The number of amides is 1. The van der Waals surface area contributed by atoms with E-state index in [4.69, 9.17) is 0 Å². The lowest BCUT2D eigenvalue weighted by atomic mass is 10.3. The van der Waals surface area contributed by atoms with Crippen LogP contribution >= 0.6 is 0 Å². The normalized spacial score (nSPS) is 12.4. The van der Waals surface area contributed by atoms with Gasteiger partial charge >= 0.3 is 0 Å². The molecular formula is C11H20N4O. The summed E-state index contributed by atoms with van der Waals surface area (Å²) in [5.74, 6) is 0.125. The first-order valence-corrected chi connectivity index (χ1v) is 5.56. The molecule has 0 bridgehead atoms. The first kappa shape index (κ1) is 12.7. The largest absolute Gasteiger partial charge is 0.345 e. The number of carbonyl (C=O) groups excluding carboxylic acids is 1. The van der Waals surface area contributed by atoms with Crippen molar-refractivity contribution >= 4 is 5.91 Å². The standard InChI is InChI=1S/C11H20N4O/c1-4-14(3)11(16)7-13-10(2)8-15-6-5-12-9-15/h5-6,9-10,13H,4,7-8H2,1-3H3. The van der Waals surface area contributed by atoms with Gasteiger partial charge in [-0.2, -0.15) is 0 Å². The second-order valence-corrected chi connectivity index (χ2v) is 3.95. The first-order chi connectivity index (χ1) is 7.63. The second kappa shape index (κ2) is 6.27. The zero-order chi connectivity index (χ0) is 12.0. The van der Waals surface area contributed by atoms with Gasteiger partial charge in [0.1, 0.15) is 0 Å². The van der Waals surface area contributed by atoms with Gasteiger partial charge in [0.2, 0.25) is 5.91 Å². The zero-order valence-corrected chi connectivity index (χ0v) is 10.2. The van der Waals surface area contributed by atoms with E-state index in [9.17, 15) is 4.79 Å². The van der Waals surface area contributed by atoms with Crippen LogP contribution in [0, 0.1) is 0 Å². The Balaban J connectivity index is 2.25. The van der Waals surface area contributed by atoms with Crippen molar-refractivity contribution in [3.05, 3.63) is 18.7 Å². The summed E-state index contributed by atoms with van der Waals surface area (Å²) in [6, 6.07) is 0.253. The molecule has 5 nitrogen and oxygen atoms in total. The molecule has 1 atom stereocenters. The van der Waals surface area contributed by atoms with Gasteiger partial charge in [-0.05, 0) is 13.8 Å². The number of nitrogens with zero attached hydrogens (tertiary/aromatic N) is 3. The molecule has 1 amide bonds. The predicted octanol–water partition coefficient (Wildman–Crippen LogP) is 0.339. The number of carbonyl (C=O) groups is 1. The van der Waals surface area contributed by atoms with Gasteiger partial charge < -0.3 is 14.8 Å². The minimum Gasteiger partial charge on any atom is -0.345 e. The third-order valence-electron chi connectivity index (χ3n) is 2.55. The van der Waals surface area contributed by atoms with Crippen LogP contribution in [0.1, 0.15) is 13.8 Å². The van der Waals surface area contributed by atoms with E-state index in [1.807, 2.05) is 24.7 Å². The molecule has 5 heteroatoms. The van der Waals surface area contributed by atoms with E-state index in [0.29, 0.717) is 6.54 Å². The fraction of sp³-hybridized carbons (Fsp3) is 0.636. The number of hydrogen-bond donors (Lipinski definition) is 1. The van der Waals surface area contributed by atoms with Crippen molar-refractivity contribution in [1.29, 1.82) is 0 Å². The molecule has 0 fully saturated rings. The van der Waals surface area contributed by atoms with E-state index >= 15 is 0 Å². The minimum absolute atomic E-state index is 0.125. The lowest BCUT2D eigenvalue weighted by molar-refractivity contribution is -0.128. The number of rotatable bonds is 6. The van der Waals surface area contributed by atoms with Crippen molar-refractivity contribution in [1.82, 2.24) is 19.8 Å². The third kappa shape index (κ3) is 4.02. The lowest BCUT2D eigenvalue weighted by Gasteiger charge is -2.18. The van der Waals surface area contributed by atoms with Crippen molar-refractivity contribution in [3.63, 3.8) is 0 Å². The molecule has 16 heavy (non-hydrogen) atoms. The van der Waals surface area contributed by atoms with Gasteiger partial charge in [0.05, 0.1) is 12.9 Å². The molecule has 0 aliphatic heterocycles. The molecule has 1 N–H and O–H groups in total. The molecule has 90 valence electrons. The topological polar surface area (TPSA) is 50.2 Å². The first-order valence-electron chi connectivity index (χ1n) is 5.56. The quantitative estimate of drug-likeness (QED) is 0.758. The van der Waals surface area contributed by atoms with E-state index in [-0.39, 0.29) is 11.9 Å². The van der Waals surface area contributed by atoms with Crippen molar-refractivity contribution in [2.45, 2.75) is 26.4 Å². The molecule has 1 heterocycles. The molecule has 0 aliphatic carbocycles. The van der Waals surface area contributed by atoms with Gasteiger partial charge in [-0.25, -0.2) is 4.98 Å². The Bertz CT molecular complexity index is 310. The van der Waals surface area contributed by atoms with Crippen LogP contribution in [-0.4, -0.2) is 46.5 Å². The Labute approximate surface area is 96.5 Å². The van der Waals surface area contributed by atoms with E-state index in [0.717, 1.165) is 13.1 Å². The SMILES string of the molecule is CCN(C)C(=O)CNC(C)Cn1ccnc1. The van der Waals surface area contributed by atoms with E-state index < -0.39 is 0 Å². The highest BCUT2D eigenvalue weighted by Crippen LogP contribution is 1.91. The van der Waals surface area contributed by atoms with E-state index in [2.05, 4.69) is 17.2 Å². The summed E-state index contributed by atoms with van der Waals surface area (Å²) in [7, 11) is 1.81. The Kier molecular flexibility index (Phi) is 4.98. The summed E-state index contributed by atoms with van der Waals surface area (Å²) in [5, 5.41) is 3.20. The minimum atomic E-state index is 0.125. The fourth-order valence-corrected chi connectivity index (χ4v) is 1.35. The van der Waals surface area contributed by atoms with Crippen molar-refractivity contribution in [2.24, 2.45) is 0 Å². The molecule has 0 saturated heterocycles. The third-order valence-corrected chi connectivity index (χ3v) is 2.55. The average molecular weight is 224 g/mol. The second-order valence-electron chi connectivity index (χ2n) is 3.95. The Morgan fingerprint density at radius 3 is 2.94 bits per heavy atom. The van der Waals surface area contributed by atoms with Crippen LogP contribution in [0.4, 0.5) is 0 Å². The molecule has 1 rings (SSSR count). The maximum absolute atomic E-state index is 11.5. The fourth-order valence-electron chi connectivity index (χ4n) is 1.35. The summed E-state index contributed by atoms with van der Waals surface area (Å²) >= 11 is 0. The maximum Gasteiger partial charge on any atom is 0.236 e. The summed E-state index contributed by atoms with van der Waals surface area (Å²) in [5.41, 5.74) is 0. The van der Waals surface area contributed by atoms with Gasteiger partial charge in [-0.1, -0.05) is 0 Å². The van der Waals surface area contributed by atoms with Crippen molar-refractivity contribution in [2.75, 3.05) is 20.1 Å². The highest BCUT2D eigenvalue weighted by Gasteiger charge is 2.08. The molecular weight excluding hydrogens is 204 g/mol. The highest BCUT2D eigenvalue weighted by molar-refractivity contribution is 5.77. The van der Waals surface area contributed by atoms with Gasteiger partial charge in [0.15, 0.2) is 0 Å². The number of imidazole rings is 1. The zero-order valence-electron chi connectivity index (χ0n) is 10.2. The highest BCUT2D eigenvalue weighted by atomic mass is 16.2. The average Bonchev–Trinajstić information content (AvgIpc) is 2.77. The van der Waals surface area contributed by atoms with Gasteiger partial charge in [-0.15, -0.1) is 0 Å². The number of likely N-dealkylation sites (N-methyl/N-ethyl adjacent to an activating group) is 1. The van der Waals surface area contributed by atoms with Crippen LogP contribution in [0.25, 0.3) is 0 Å². The predicted molar refractivity (Wildman–Crippen MR) is 63.0 cm³/mol. The molecule has 1 aromatic heterocycles. The summed E-state index contributed by atoms with van der Waals surface area (Å²) in [6.07, 6.45) is 5.44. The molecule has 0 aromatic carbocycles. The Morgan fingerprint density at radius 1 is 1.62 bits per heavy atom. The van der Waals surface area contributed by atoms with Gasteiger partial charge in [0, 0.05) is 38.6 Å². The Hall–Kier alpha value is -1.36. The summed E-state index contributed by atoms with van der Waals surface area (Å²) in [4.78, 5) is 17.2. The molecule has 0 aliphatic rings. The van der Waals surface area contributed by atoms with Gasteiger partial charge in [-0.3, -0.25) is 4.79 Å².